The van der Waals surface area contributed by atoms with Crippen molar-refractivity contribution in [2.75, 3.05) is 12.8 Å². The minimum absolute atomic E-state index is 0.125. The molecule has 0 aliphatic heterocycles. The summed E-state index contributed by atoms with van der Waals surface area (Å²) in [5.41, 5.74) is 8.43. The minimum Gasteiger partial charge on any atom is -0.497 e. The second kappa shape index (κ2) is 4.37. The lowest BCUT2D eigenvalue weighted by molar-refractivity contribution is 0.405. The number of hydrogen-bond donors (Lipinski definition) is 1. The maximum atomic E-state index is 5.89. The van der Waals surface area contributed by atoms with Crippen LogP contribution in [0, 0.1) is 0 Å². The molecule has 0 spiro atoms. The molecule has 0 saturated carbocycles. The van der Waals surface area contributed by atoms with E-state index < -0.39 is 0 Å². The molecule has 0 unspecified atom stereocenters. The predicted octanol–water partition coefficient (Wildman–Crippen LogP) is 3.23. The molecule has 1 aromatic heterocycles. The van der Waals surface area contributed by atoms with Crippen LogP contribution in [-0.2, 0) is 5.41 Å². The number of nitrogens with two attached hydrogens (primary N) is 1. The second-order valence-corrected chi connectivity index (χ2v) is 5.25. The van der Waals surface area contributed by atoms with Gasteiger partial charge in [-0.25, -0.2) is 0 Å². The molecule has 18 heavy (non-hydrogen) atoms. The molecule has 96 valence electrons. The van der Waals surface area contributed by atoms with Crippen molar-refractivity contribution in [2.45, 2.75) is 26.2 Å². The molecule has 0 amide bonds. The molecule has 0 aliphatic rings. The van der Waals surface area contributed by atoms with Gasteiger partial charge >= 0.3 is 0 Å². The highest BCUT2D eigenvalue weighted by Crippen LogP contribution is 2.37. The molecule has 4 heteroatoms. The SMILES string of the molecule is COc1cccc(-c2c(C(C)(C)C)noc2N)c1. The Hall–Kier alpha value is -1.97. The summed E-state index contributed by atoms with van der Waals surface area (Å²) in [4.78, 5) is 0. The Kier molecular flexibility index (Phi) is 3.03. The maximum Gasteiger partial charge on any atom is 0.230 e. The number of benzene rings is 1. The van der Waals surface area contributed by atoms with Gasteiger partial charge in [-0.1, -0.05) is 38.1 Å². The van der Waals surface area contributed by atoms with Crippen molar-refractivity contribution in [3.63, 3.8) is 0 Å². The van der Waals surface area contributed by atoms with Gasteiger partial charge in [0.2, 0.25) is 5.88 Å². The Morgan fingerprint density at radius 1 is 1.28 bits per heavy atom. The molecule has 0 fully saturated rings. The third kappa shape index (κ3) is 2.18. The van der Waals surface area contributed by atoms with E-state index in [1.807, 2.05) is 24.3 Å². The van der Waals surface area contributed by atoms with Crippen molar-refractivity contribution in [1.82, 2.24) is 5.16 Å². The van der Waals surface area contributed by atoms with Crippen LogP contribution in [0.4, 0.5) is 5.88 Å². The fraction of sp³-hybridized carbons (Fsp3) is 0.357. The summed E-state index contributed by atoms with van der Waals surface area (Å²) in [5, 5.41) is 4.08. The van der Waals surface area contributed by atoms with E-state index in [4.69, 9.17) is 15.0 Å². The fourth-order valence-corrected chi connectivity index (χ4v) is 1.87. The average molecular weight is 246 g/mol. The Morgan fingerprint density at radius 2 is 2.00 bits per heavy atom. The molecule has 2 aromatic rings. The molecule has 2 rings (SSSR count). The molecule has 0 radical (unpaired) electrons. The van der Waals surface area contributed by atoms with Crippen LogP contribution in [0.5, 0.6) is 5.75 Å². The van der Waals surface area contributed by atoms with E-state index in [0.29, 0.717) is 5.88 Å². The van der Waals surface area contributed by atoms with E-state index in [-0.39, 0.29) is 5.41 Å². The first kappa shape index (κ1) is 12.5. The summed E-state index contributed by atoms with van der Waals surface area (Å²) in [6.07, 6.45) is 0. The van der Waals surface area contributed by atoms with Crippen LogP contribution in [-0.4, -0.2) is 12.3 Å². The number of methoxy groups -OCH3 is 1. The highest BCUT2D eigenvalue weighted by Gasteiger charge is 2.26. The normalized spacial score (nSPS) is 11.6. The van der Waals surface area contributed by atoms with Crippen LogP contribution >= 0.6 is 0 Å². The quantitative estimate of drug-likeness (QED) is 0.883. The van der Waals surface area contributed by atoms with E-state index in [0.717, 1.165) is 22.6 Å². The second-order valence-electron chi connectivity index (χ2n) is 5.25. The highest BCUT2D eigenvalue weighted by molar-refractivity contribution is 5.76. The lowest BCUT2D eigenvalue weighted by atomic mass is 9.87. The molecule has 0 atom stereocenters. The molecule has 0 saturated heterocycles. The molecule has 2 N–H and O–H groups in total. The number of anilines is 1. The fourth-order valence-electron chi connectivity index (χ4n) is 1.87. The lowest BCUT2D eigenvalue weighted by Gasteiger charge is -2.16. The molecule has 4 nitrogen and oxygen atoms in total. The first-order chi connectivity index (χ1) is 8.43. The van der Waals surface area contributed by atoms with Crippen LogP contribution in [0.25, 0.3) is 11.1 Å². The van der Waals surface area contributed by atoms with Crippen LogP contribution in [0.3, 0.4) is 0 Å². The third-order valence-corrected chi connectivity index (χ3v) is 2.79. The monoisotopic (exact) mass is 246 g/mol. The van der Waals surface area contributed by atoms with E-state index >= 15 is 0 Å². The summed E-state index contributed by atoms with van der Waals surface area (Å²) in [6.45, 7) is 6.23. The van der Waals surface area contributed by atoms with Gasteiger partial charge in [0.25, 0.3) is 0 Å². The average Bonchev–Trinajstić information content (AvgIpc) is 2.71. The zero-order valence-electron chi connectivity index (χ0n) is 11.2. The van der Waals surface area contributed by atoms with Gasteiger partial charge in [-0.05, 0) is 17.7 Å². The summed E-state index contributed by atoms with van der Waals surface area (Å²) in [7, 11) is 1.64. The van der Waals surface area contributed by atoms with Gasteiger partial charge in [0, 0.05) is 5.41 Å². The molecular formula is C14H18N2O2. The number of nitrogens with zero attached hydrogens (tertiary/aromatic N) is 1. The number of aromatic nitrogens is 1. The van der Waals surface area contributed by atoms with E-state index in [1.165, 1.54) is 0 Å². The largest absolute Gasteiger partial charge is 0.497 e. The Balaban J connectivity index is 2.59. The lowest BCUT2D eigenvalue weighted by Crippen LogP contribution is -2.13. The standard InChI is InChI=1S/C14H18N2O2/c1-14(2,3)12-11(13(15)18-16-12)9-6-5-7-10(8-9)17-4/h5-8H,15H2,1-4H3. The highest BCUT2D eigenvalue weighted by atomic mass is 16.5. The van der Waals surface area contributed by atoms with Crippen LogP contribution < -0.4 is 10.5 Å². The summed E-state index contributed by atoms with van der Waals surface area (Å²) in [6, 6.07) is 7.72. The van der Waals surface area contributed by atoms with E-state index in [9.17, 15) is 0 Å². The van der Waals surface area contributed by atoms with Gasteiger partial charge in [-0.3, -0.25) is 0 Å². The van der Waals surface area contributed by atoms with Gasteiger partial charge in [-0.15, -0.1) is 0 Å². The van der Waals surface area contributed by atoms with Crippen molar-refractivity contribution < 1.29 is 9.26 Å². The van der Waals surface area contributed by atoms with Crippen LogP contribution in [0.15, 0.2) is 28.8 Å². The molecule has 0 aliphatic carbocycles. The Labute approximate surface area is 107 Å². The van der Waals surface area contributed by atoms with Gasteiger partial charge in [0.15, 0.2) is 0 Å². The smallest absolute Gasteiger partial charge is 0.230 e. The minimum atomic E-state index is -0.125. The molecule has 0 bridgehead atoms. The number of hydrogen-bond acceptors (Lipinski definition) is 4. The number of nitrogen functional groups attached to an aromatic ring is 1. The Bertz CT molecular complexity index is 553. The zero-order valence-corrected chi connectivity index (χ0v) is 11.2. The third-order valence-electron chi connectivity index (χ3n) is 2.79. The summed E-state index contributed by atoms with van der Waals surface area (Å²) >= 11 is 0. The molecule has 1 aromatic carbocycles. The number of ether oxygens (including phenoxy) is 1. The Morgan fingerprint density at radius 3 is 2.61 bits per heavy atom. The van der Waals surface area contributed by atoms with Gasteiger partial charge in [0.1, 0.15) is 5.75 Å². The summed E-state index contributed by atoms with van der Waals surface area (Å²) < 4.78 is 10.4. The van der Waals surface area contributed by atoms with Crippen LogP contribution in [0.1, 0.15) is 26.5 Å². The van der Waals surface area contributed by atoms with Crippen molar-refractivity contribution in [3.8, 4) is 16.9 Å². The first-order valence-electron chi connectivity index (χ1n) is 5.83. The van der Waals surface area contributed by atoms with Crippen LogP contribution in [0.2, 0.25) is 0 Å². The first-order valence-corrected chi connectivity index (χ1v) is 5.83. The topological polar surface area (TPSA) is 61.3 Å². The molecular weight excluding hydrogens is 228 g/mol. The van der Waals surface area contributed by atoms with Crippen molar-refractivity contribution in [1.29, 1.82) is 0 Å². The van der Waals surface area contributed by atoms with Gasteiger partial charge < -0.3 is 15.0 Å². The van der Waals surface area contributed by atoms with Gasteiger partial charge in [-0.2, -0.15) is 0 Å². The van der Waals surface area contributed by atoms with Crippen molar-refractivity contribution in [2.24, 2.45) is 0 Å². The molecule has 1 heterocycles. The zero-order chi connectivity index (χ0) is 13.3. The van der Waals surface area contributed by atoms with Gasteiger partial charge in [0.05, 0.1) is 18.4 Å². The predicted molar refractivity (Wildman–Crippen MR) is 71.6 cm³/mol. The van der Waals surface area contributed by atoms with E-state index in [1.54, 1.807) is 7.11 Å². The van der Waals surface area contributed by atoms with Crippen molar-refractivity contribution >= 4 is 5.88 Å². The van der Waals surface area contributed by atoms with E-state index in [2.05, 4.69) is 25.9 Å². The van der Waals surface area contributed by atoms with Crippen molar-refractivity contribution in [3.05, 3.63) is 30.0 Å². The maximum absolute atomic E-state index is 5.89. The summed E-state index contributed by atoms with van der Waals surface area (Å²) in [5.74, 6) is 1.13. The number of rotatable bonds is 2.